The van der Waals surface area contributed by atoms with Crippen LogP contribution in [-0.4, -0.2) is 73.4 Å². The fourth-order valence-corrected chi connectivity index (χ4v) is 7.07. The number of allylic oxidation sites excluding steroid dienone is 21. The van der Waals surface area contributed by atoms with E-state index in [1.807, 2.05) is 27.2 Å². The Morgan fingerprint density at radius 2 is 0.924 bits per heavy atom. The zero-order valence-electron chi connectivity index (χ0n) is 42.4. The minimum atomic E-state index is -4.36. The summed E-state index contributed by atoms with van der Waals surface area (Å²) in [4.78, 5) is 23.1. The third-order valence-electron chi connectivity index (χ3n) is 10.3. The molecular formula is C57H96N2O6P+. The number of likely N-dealkylation sites (N-methyl/N-ethyl adjacent to an activating group) is 1. The van der Waals surface area contributed by atoms with Crippen LogP contribution in [0.3, 0.4) is 0 Å². The average molecular weight is 936 g/mol. The smallest absolute Gasteiger partial charge is 0.387 e. The van der Waals surface area contributed by atoms with Gasteiger partial charge in [-0.15, -0.1) is 0 Å². The Bertz CT molecular complexity index is 1530. The molecule has 0 bridgehead atoms. The van der Waals surface area contributed by atoms with Gasteiger partial charge in [0.25, 0.3) is 0 Å². The summed E-state index contributed by atoms with van der Waals surface area (Å²) >= 11 is 0. The van der Waals surface area contributed by atoms with Crippen molar-refractivity contribution in [2.75, 3.05) is 40.9 Å². The molecule has 0 aliphatic heterocycles. The van der Waals surface area contributed by atoms with Gasteiger partial charge in [0.15, 0.2) is 0 Å². The first-order valence-electron chi connectivity index (χ1n) is 25.6. The van der Waals surface area contributed by atoms with Gasteiger partial charge in [-0.2, -0.15) is 0 Å². The zero-order chi connectivity index (χ0) is 48.5. The molecule has 374 valence electrons. The summed E-state index contributed by atoms with van der Waals surface area (Å²) in [6.07, 6.45) is 71.2. The molecule has 0 saturated carbocycles. The second-order valence-electron chi connectivity index (χ2n) is 17.8. The number of amides is 1. The molecule has 1 amide bonds. The normalized spacial score (nSPS) is 15.2. The van der Waals surface area contributed by atoms with E-state index in [1.54, 1.807) is 6.08 Å². The number of unbranched alkanes of at least 4 members (excludes halogenated alkanes) is 11. The first-order chi connectivity index (χ1) is 32.0. The highest BCUT2D eigenvalue weighted by molar-refractivity contribution is 7.47. The second-order valence-corrected chi connectivity index (χ2v) is 19.2. The summed E-state index contributed by atoms with van der Waals surface area (Å²) in [7, 11) is 1.51. The fourth-order valence-electron chi connectivity index (χ4n) is 6.33. The number of quaternary nitrogens is 1. The van der Waals surface area contributed by atoms with E-state index in [2.05, 4.69) is 141 Å². The number of phosphoric ester groups is 1. The molecule has 0 aliphatic rings. The van der Waals surface area contributed by atoms with Crippen molar-refractivity contribution in [1.82, 2.24) is 5.32 Å². The monoisotopic (exact) mass is 936 g/mol. The Labute approximate surface area is 405 Å². The van der Waals surface area contributed by atoms with Gasteiger partial charge in [0.2, 0.25) is 5.91 Å². The molecule has 0 rings (SSSR count). The Kier molecular flexibility index (Phi) is 44.4. The van der Waals surface area contributed by atoms with E-state index in [9.17, 15) is 19.4 Å². The Morgan fingerprint density at radius 1 is 0.530 bits per heavy atom. The highest BCUT2D eigenvalue weighted by atomic mass is 31.2. The van der Waals surface area contributed by atoms with Crippen LogP contribution in [0.15, 0.2) is 134 Å². The number of carbonyl (C=O) groups is 1. The van der Waals surface area contributed by atoms with Gasteiger partial charge in [0, 0.05) is 6.42 Å². The van der Waals surface area contributed by atoms with Gasteiger partial charge >= 0.3 is 7.82 Å². The summed E-state index contributed by atoms with van der Waals surface area (Å²) in [6.45, 7) is 4.55. The van der Waals surface area contributed by atoms with Crippen molar-refractivity contribution in [3.05, 3.63) is 134 Å². The van der Waals surface area contributed by atoms with E-state index in [4.69, 9.17) is 9.05 Å². The first-order valence-corrected chi connectivity index (χ1v) is 27.1. The summed E-state index contributed by atoms with van der Waals surface area (Å²) < 4.78 is 23.5. The molecule has 0 radical (unpaired) electrons. The number of aliphatic hydroxyl groups is 1. The molecule has 0 saturated heterocycles. The average Bonchev–Trinajstić information content (AvgIpc) is 3.28. The van der Waals surface area contributed by atoms with Crippen molar-refractivity contribution in [2.45, 2.75) is 180 Å². The topological polar surface area (TPSA) is 105 Å². The summed E-state index contributed by atoms with van der Waals surface area (Å²) in [5, 5.41) is 13.8. The molecule has 0 heterocycles. The van der Waals surface area contributed by atoms with Crippen LogP contribution >= 0.6 is 7.82 Å². The third kappa shape index (κ3) is 48.6. The number of phosphoric acid groups is 1. The van der Waals surface area contributed by atoms with E-state index in [0.29, 0.717) is 17.4 Å². The maximum Gasteiger partial charge on any atom is 0.472 e. The lowest BCUT2D eigenvalue weighted by atomic mass is 10.1. The number of hydrogen-bond donors (Lipinski definition) is 3. The molecule has 0 aromatic heterocycles. The molecule has 3 atom stereocenters. The van der Waals surface area contributed by atoms with Crippen molar-refractivity contribution < 1.29 is 32.9 Å². The van der Waals surface area contributed by atoms with Crippen molar-refractivity contribution in [3.8, 4) is 0 Å². The summed E-state index contributed by atoms with van der Waals surface area (Å²) in [5.41, 5.74) is 0. The van der Waals surface area contributed by atoms with E-state index in [-0.39, 0.29) is 19.1 Å². The maximum atomic E-state index is 12.9. The minimum absolute atomic E-state index is 0.0440. The zero-order valence-corrected chi connectivity index (χ0v) is 43.3. The van der Waals surface area contributed by atoms with Gasteiger partial charge in [-0.3, -0.25) is 13.8 Å². The third-order valence-corrected chi connectivity index (χ3v) is 11.3. The highest BCUT2D eigenvalue weighted by Crippen LogP contribution is 2.43. The molecule has 0 aromatic rings. The Balaban J connectivity index is 4.22. The van der Waals surface area contributed by atoms with Gasteiger partial charge < -0.3 is 19.8 Å². The standard InChI is InChI=1S/C57H95N2O6P/c1-6-8-10-12-14-16-18-19-20-21-22-23-24-25-26-27-28-29-30-31-32-33-34-35-36-37-38-39-41-43-45-47-49-51-57(61)58-55(54-65-66(62,63)64-53-52-59(3,4)5)56(60)50-48-46-44-42-40-17-15-13-11-9-7-2/h8,10-11,13-14,16,19-20,22-23,25-26,28-29,31-32,34-35,40,42,48,50,55-56,60H,6-7,9,12,15,17-18,21,24,27,30,33,36-39,41,43-47,49,51-54H2,1-5H3,(H-,58,61,62,63)/p+1/b10-8-,13-11+,16-14-,20-19-,23-22-,26-25-,29-28-,32-31-,35-34-,42-40+,50-48+. The predicted molar refractivity (Wildman–Crippen MR) is 285 cm³/mol. The van der Waals surface area contributed by atoms with Crippen LogP contribution in [0.5, 0.6) is 0 Å². The minimum Gasteiger partial charge on any atom is -0.387 e. The van der Waals surface area contributed by atoms with E-state index in [0.717, 1.165) is 116 Å². The summed E-state index contributed by atoms with van der Waals surface area (Å²) in [6, 6.07) is -0.882. The maximum absolute atomic E-state index is 12.9. The second kappa shape index (κ2) is 46.7. The molecule has 66 heavy (non-hydrogen) atoms. The first kappa shape index (κ1) is 62.6. The molecule has 0 spiro atoms. The van der Waals surface area contributed by atoms with Crippen LogP contribution in [0.2, 0.25) is 0 Å². The van der Waals surface area contributed by atoms with E-state index in [1.165, 1.54) is 32.1 Å². The molecule has 3 unspecified atom stereocenters. The van der Waals surface area contributed by atoms with Crippen molar-refractivity contribution in [2.24, 2.45) is 0 Å². The number of hydrogen-bond acceptors (Lipinski definition) is 5. The van der Waals surface area contributed by atoms with E-state index >= 15 is 0 Å². The van der Waals surface area contributed by atoms with Crippen LogP contribution in [0.25, 0.3) is 0 Å². The van der Waals surface area contributed by atoms with E-state index < -0.39 is 20.0 Å². The summed E-state index contributed by atoms with van der Waals surface area (Å²) in [5.74, 6) is -0.209. The molecule has 0 fully saturated rings. The van der Waals surface area contributed by atoms with Crippen LogP contribution < -0.4 is 5.32 Å². The lowest BCUT2D eigenvalue weighted by molar-refractivity contribution is -0.870. The lowest BCUT2D eigenvalue weighted by Crippen LogP contribution is -2.45. The fraction of sp³-hybridized carbons (Fsp3) is 0.596. The number of nitrogens with one attached hydrogen (secondary N) is 1. The van der Waals surface area contributed by atoms with Gasteiger partial charge in [0.1, 0.15) is 13.2 Å². The van der Waals surface area contributed by atoms with Crippen LogP contribution in [0.4, 0.5) is 0 Å². The van der Waals surface area contributed by atoms with Crippen LogP contribution in [0.1, 0.15) is 168 Å². The Morgan fingerprint density at radius 3 is 1.38 bits per heavy atom. The number of aliphatic hydroxyl groups excluding tert-OH is 1. The molecule has 8 nitrogen and oxygen atoms in total. The molecule has 0 aliphatic carbocycles. The van der Waals surface area contributed by atoms with Crippen molar-refractivity contribution in [1.29, 1.82) is 0 Å². The Hall–Kier alpha value is -3.36. The van der Waals surface area contributed by atoms with Crippen molar-refractivity contribution >= 4 is 13.7 Å². The highest BCUT2D eigenvalue weighted by Gasteiger charge is 2.27. The molecular weight excluding hydrogens is 840 g/mol. The molecule has 0 aromatic carbocycles. The van der Waals surface area contributed by atoms with Crippen LogP contribution in [0, 0.1) is 0 Å². The number of nitrogens with zero attached hydrogens (tertiary/aromatic N) is 1. The lowest BCUT2D eigenvalue weighted by Gasteiger charge is -2.25. The van der Waals surface area contributed by atoms with Gasteiger partial charge in [-0.25, -0.2) is 4.57 Å². The quantitative estimate of drug-likeness (QED) is 0.0243. The van der Waals surface area contributed by atoms with Crippen LogP contribution in [-0.2, 0) is 18.4 Å². The van der Waals surface area contributed by atoms with Gasteiger partial charge in [-0.05, 0) is 103 Å². The van der Waals surface area contributed by atoms with Crippen molar-refractivity contribution in [3.63, 3.8) is 0 Å². The molecule has 9 heteroatoms. The van der Waals surface area contributed by atoms with Gasteiger partial charge in [0.05, 0.1) is 39.9 Å². The predicted octanol–water partition coefficient (Wildman–Crippen LogP) is 15.2. The number of rotatable bonds is 44. The van der Waals surface area contributed by atoms with Gasteiger partial charge in [-0.1, -0.05) is 192 Å². The largest absolute Gasteiger partial charge is 0.472 e. The number of carbonyl (C=O) groups excluding carboxylic acids is 1. The molecule has 3 N–H and O–H groups in total. The SMILES string of the molecule is CC/C=C\C/C=C\C/C=C\C/C=C\C/C=C\C/C=C\C/C=C\C/C=C\CCCCCCCCCCC(=O)NC(COP(=O)(O)OCC[N+](C)(C)C)C(O)/C=C/CC/C=C/CC/C=C/CCC.